The summed E-state index contributed by atoms with van der Waals surface area (Å²) in [5, 5.41) is 0.941. The molecule has 1 aromatic rings. The van der Waals surface area contributed by atoms with Gasteiger partial charge in [0.25, 0.3) is 0 Å². The zero-order valence-electron chi connectivity index (χ0n) is 17.9. The number of halogens is 1. The van der Waals surface area contributed by atoms with Gasteiger partial charge in [-0.2, -0.15) is 0 Å². The molecule has 1 aromatic carbocycles. The molecule has 5 heteroatoms. The normalized spacial score (nSPS) is 13.7. The topological polar surface area (TPSA) is 30.5 Å². The summed E-state index contributed by atoms with van der Waals surface area (Å²) in [6, 6.07) is 6.41. The third kappa shape index (κ3) is 10.3. The smallest absolute Gasteiger partial charge is 0.0671 e. The van der Waals surface area contributed by atoms with Crippen LogP contribution in [0, 0.1) is 0 Å². The first-order chi connectivity index (χ1) is 12.8. The molecule has 0 atom stereocenters. The second-order valence-corrected chi connectivity index (χ2v) is 6.19. The van der Waals surface area contributed by atoms with E-state index in [1.807, 2.05) is 34.7 Å². The zero-order valence-corrected chi connectivity index (χ0v) is 18.6. The van der Waals surface area contributed by atoms with E-state index in [0.29, 0.717) is 0 Å². The Balaban J connectivity index is 0. The molecule has 0 radical (unpaired) electrons. The second kappa shape index (κ2) is 18.5. The van der Waals surface area contributed by atoms with Gasteiger partial charge in [-0.1, -0.05) is 65.8 Å². The molecular weight excluding hydrogens is 356 g/mol. The van der Waals surface area contributed by atoms with Gasteiger partial charge in [-0.3, -0.25) is 15.8 Å². The summed E-state index contributed by atoms with van der Waals surface area (Å²) in [4.78, 5) is 4.99. The highest BCUT2D eigenvalue weighted by Gasteiger charge is 2.19. The van der Waals surface area contributed by atoms with E-state index in [0.717, 1.165) is 44.2 Å². The Kier molecular flexibility index (Phi) is 19.5. The van der Waals surface area contributed by atoms with Crippen molar-refractivity contribution in [2.75, 3.05) is 51.2 Å². The van der Waals surface area contributed by atoms with Crippen molar-refractivity contribution in [1.82, 2.24) is 15.8 Å². The van der Waals surface area contributed by atoms with Gasteiger partial charge in [0.05, 0.1) is 10.7 Å². The van der Waals surface area contributed by atoms with Crippen LogP contribution in [0.25, 0.3) is 0 Å². The predicted octanol–water partition coefficient (Wildman–Crippen LogP) is 5.22. The number of benzene rings is 1. The van der Waals surface area contributed by atoms with Crippen molar-refractivity contribution in [2.45, 2.75) is 61.3 Å². The van der Waals surface area contributed by atoms with Crippen LogP contribution in [0.1, 0.15) is 60.5 Å². The predicted molar refractivity (Wildman–Crippen MR) is 125 cm³/mol. The van der Waals surface area contributed by atoms with E-state index in [-0.39, 0.29) is 7.43 Å². The molecule has 160 valence electrons. The van der Waals surface area contributed by atoms with Crippen LogP contribution in [-0.2, 0) is 6.42 Å². The number of nitrogens with one attached hydrogen (secondary N) is 2. The summed E-state index contributed by atoms with van der Waals surface area (Å²) in [7, 11) is 1.91. The average molecular weight is 401 g/mol. The number of nitrogens with zero attached hydrogens (tertiary/aromatic N) is 2. The number of rotatable bonds is 8. The van der Waals surface area contributed by atoms with Gasteiger partial charge in [-0.15, -0.1) is 0 Å². The number of anilines is 1. The van der Waals surface area contributed by atoms with Crippen molar-refractivity contribution >= 4 is 17.3 Å². The molecule has 1 saturated heterocycles. The van der Waals surface area contributed by atoms with E-state index in [2.05, 4.69) is 45.8 Å². The van der Waals surface area contributed by atoms with E-state index in [9.17, 15) is 0 Å². The van der Waals surface area contributed by atoms with Gasteiger partial charge in [0.1, 0.15) is 0 Å². The minimum Gasteiger partial charge on any atom is -0.368 e. The highest BCUT2D eigenvalue weighted by Crippen LogP contribution is 2.30. The first kappa shape index (κ1) is 28.4. The quantitative estimate of drug-likeness (QED) is 0.462. The van der Waals surface area contributed by atoms with Gasteiger partial charge in [-0.05, 0) is 44.5 Å². The van der Waals surface area contributed by atoms with E-state index >= 15 is 0 Å². The van der Waals surface area contributed by atoms with Crippen LogP contribution in [0.4, 0.5) is 5.69 Å². The Bertz CT molecular complexity index is 446. The molecule has 1 aliphatic heterocycles. The van der Waals surface area contributed by atoms with Crippen LogP contribution in [0.15, 0.2) is 18.2 Å². The molecule has 0 saturated carbocycles. The summed E-state index contributed by atoms with van der Waals surface area (Å²) in [6.45, 7) is 16.8. The molecule has 2 rings (SSSR count). The summed E-state index contributed by atoms with van der Waals surface area (Å²) in [5.74, 6) is 0. The highest BCUT2D eigenvalue weighted by atomic mass is 35.5. The lowest BCUT2D eigenvalue weighted by Gasteiger charge is -2.36. The second-order valence-electron chi connectivity index (χ2n) is 5.82. The van der Waals surface area contributed by atoms with Crippen LogP contribution in [0.3, 0.4) is 0 Å². The lowest BCUT2D eigenvalue weighted by Crippen LogP contribution is -2.46. The van der Waals surface area contributed by atoms with Crippen molar-refractivity contribution < 1.29 is 0 Å². The summed E-state index contributed by atoms with van der Waals surface area (Å²) in [5.41, 5.74) is 8.56. The maximum Gasteiger partial charge on any atom is 0.0671 e. The summed E-state index contributed by atoms with van der Waals surface area (Å²) in [6.07, 6.45) is 3.46. The molecule has 0 bridgehead atoms. The minimum absolute atomic E-state index is 0. The Hall–Kier alpha value is -0.810. The van der Waals surface area contributed by atoms with E-state index in [1.165, 1.54) is 30.6 Å². The third-order valence-electron chi connectivity index (χ3n) is 4.36. The van der Waals surface area contributed by atoms with Gasteiger partial charge in [0.2, 0.25) is 0 Å². The molecule has 1 aliphatic rings. The third-order valence-corrected chi connectivity index (χ3v) is 4.79. The highest BCUT2D eigenvalue weighted by molar-refractivity contribution is 6.34. The van der Waals surface area contributed by atoms with Crippen LogP contribution in [0.5, 0.6) is 0 Å². The largest absolute Gasteiger partial charge is 0.368 e. The van der Waals surface area contributed by atoms with Crippen LogP contribution >= 0.6 is 11.6 Å². The lowest BCUT2D eigenvalue weighted by molar-refractivity contribution is 0.252. The van der Waals surface area contributed by atoms with Crippen molar-refractivity contribution in [3.8, 4) is 0 Å². The van der Waals surface area contributed by atoms with E-state index in [4.69, 9.17) is 11.6 Å². The Morgan fingerprint density at radius 3 is 2.19 bits per heavy atom. The fourth-order valence-electron chi connectivity index (χ4n) is 2.97. The lowest BCUT2D eigenvalue weighted by atomic mass is 10.1. The minimum atomic E-state index is 0. The van der Waals surface area contributed by atoms with Crippen molar-refractivity contribution in [1.29, 1.82) is 0 Å². The van der Waals surface area contributed by atoms with Gasteiger partial charge >= 0.3 is 0 Å². The fourth-order valence-corrected chi connectivity index (χ4v) is 3.35. The van der Waals surface area contributed by atoms with E-state index < -0.39 is 0 Å². The summed E-state index contributed by atoms with van der Waals surface area (Å²) < 4.78 is 0. The Morgan fingerprint density at radius 2 is 1.63 bits per heavy atom. The summed E-state index contributed by atoms with van der Waals surface area (Å²) >= 11 is 6.54. The molecule has 0 aliphatic carbocycles. The molecule has 0 aromatic heterocycles. The van der Waals surface area contributed by atoms with E-state index in [1.54, 1.807) is 0 Å². The van der Waals surface area contributed by atoms with Crippen LogP contribution < -0.4 is 15.8 Å². The van der Waals surface area contributed by atoms with Gasteiger partial charge in [0, 0.05) is 32.7 Å². The Morgan fingerprint density at radius 1 is 1.00 bits per heavy atom. The first-order valence-corrected chi connectivity index (χ1v) is 10.8. The number of hydrogen-bond acceptors (Lipinski definition) is 4. The molecule has 0 unspecified atom stereocenters. The molecule has 27 heavy (non-hydrogen) atoms. The zero-order chi connectivity index (χ0) is 19.8. The molecule has 0 amide bonds. The standard InChI is InChI=1S/C17H29ClN4.2C2H6.CH4/c1-3-15-7-6-8-16(17(15)18)22-13-11-21(12-14-22)10-5-4-9-20-19-2;2*1-2;/h6-8,19-20H,3-5,9-14H2,1-2H3;2*1-2H3;1H4. The number of hydrazine groups is 1. The van der Waals surface area contributed by atoms with Crippen molar-refractivity contribution in [3.05, 3.63) is 28.8 Å². The van der Waals surface area contributed by atoms with Crippen LogP contribution in [-0.4, -0.2) is 51.2 Å². The van der Waals surface area contributed by atoms with Gasteiger partial charge in [-0.25, -0.2) is 0 Å². The molecular formula is C22H45ClN4. The molecule has 0 spiro atoms. The molecule has 2 N–H and O–H groups in total. The fraction of sp³-hybridized carbons (Fsp3) is 0.727. The molecule has 4 nitrogen and oxygen atoms in total. The van der Waals surface area contributed by atoms with Gasteiger partial charge in [0.15, 0.2) is 0 Å². The van der Waals surface area contributed by atoms with Crippen LogP contribution in [0.2, 0.25) is 5.02 Å². The first-order valence-electron chi connectivity index (χ1n) is 10.4. The SMILES string of the molecule is C.CC.CC.CCc1cccc(N2CCN(CCCCNNC)CC2)c1Cl. The van der Waals surface area contributed by atoms with Crippen molar-refractivity contribution in [3.63, 3.8) is 0 Å². The number of aryl methyl sites for hydroxylation is 1. The molecule has 1 heterocycles. The maximum atomic E-state index is 6.54. The number of unbranched alkanes of at least 4 members (excludes halogenated alkanes) is 1. The Labute approximate surface area is 174 Å². The maximum absolute atomic E-state index is 6.54. The number of piperazine rings is 1. The monoisotopic (exact) mass is 400 g/mol. The molecule has 1 fully saturated rings. The number of hydrogen-bond donors (Lipinski definition) is 2. The van der Waals surface area contributed by atoms with Gasteiger partial charge < -0.3 is 4.90 Å². The van der Waals surface area contributed by atoms with Crippen molar-refractivity contribution in [2.24, 2.45) is 0 Å². The average Bonchev–Trinajstić information content (AvgIpc) is 2.72.